The summed E-state index contributed by atoms with van der Waals surface area (Å²) in [6.07, 6.45) is 2.77. The van der Waals surface area contributed by atoms with Crippen LogP contribution in [0.5, 0.6) is 5.75 Å². The van der Waals surface area contributed by atoms with Gasteiger partial charge in [-0.1, -0.05) is 31.5 Å². The highest BCUT2D eigenvalue weighted by Crippen LogP contribution is 2.16. The van der Waals surface area contributed by atoms with Gasteiger partial charge in [0.2, 0.25) is 0 Å². The van der Waals surface area contributed by atoms with E-state index in [1.807, 2.05) is 31.2 Å². The molecule has 0 spiro atoms. The minimum absolute atomic E-state index is 0.310. The molecule has 4 nitrogen and oxygen atoms in total. The van der Waals surface area contributed by atoms with E-state index in [9.17, 15) is 5.11 Å². The molecule has 0 fully saturated rings. The Morgan fingerprint density at radius 2 is 1.95 bits per heavy atom. The molecule has 4 heteroatoms. The maximum absolute atomic E-state index is 9.86. The zero-order valence-corrected chi connectivity index (χ0v) is 13.3. The second-order valence-corrected chi connectivity index (χ2v) is 5.25. The molecule has 1 aromatic carbocycles. The van der Waals surface area contributed by atoms with Gasteiger partial charge in [0.1, 0.15) is 18.5 Å². The summed E-state index contributed by atoms with van der Waals surface area (Å²) < 4.78 is 11.1. The normalized spacial score (nSPS) is 12.3. The van der Waals surface area contributed by atoms with Gasteiger partial charge in [-0.05, 0) is 37.9 Å². The highest BCUT2D eigenvalue weighted by molar-refractivity contribution is 5.31. The molecule has 21 heavy (non-hydrogen) atoms. The predicted octanol–water partition coefficient (Wildman–Crippen LogP) is 2.53. The average molecular weight is 295 g/mol. The Labute approximate surface area is 128 Å². The molecule has 1 atom stereocenters. The Balaban J connectivity index is 1.99. The summed E-state index contributed by atoms with van der Waals surface area (Å²) in [5.41, 5.74) is 1.09. The molecule has 0 aliphatic rings. The first kappa shape index (κ1) is 18.0. The molecule has 2 N–H and O–H groups in total. The minimum atomic E-state index is -0.495. The SMILES string of the molecule is CCCCOCCCNCC(O)COc1ccccc1C. The van der Waals surface area contributed by atoms with Gasteiger partial charge in [-0.15, -0.1) is 0 Å². The van der Waals surface area contributed by atoms with E-state index in [2.05, 4.69) is 12.2 Å². The smallest absolute Gasteiger partial charge is 0.122 e. The molecule has 0 aromatic heterocycles. The Morgan fingerprint density at radius 3 is 2.71 bits per heavy atom. The van der Waals surface area contributed by atoms with Gasteiger partial charge in [-0.25, -0.2) is 0 Å². The molecule has 0 amide bonds. The molecule has 0 aliphatic heterocycles. The highest BCUT2D eigenvalue weighted by Gasteiger charge is 2.05. The van der Waals surface area contributed by atoms with E-state index >= 15 is 0 Å². The van der Waals surface area contributed by atoms with Gasteiger partial charge in [-0.3, -0.25) is 0 Å². The van der Waals surface area contributed by atoms with Crippen molar-refractivity contribution in [2.75, 3.05) is 32.9 Å². The molecule has 120 valence electrons. The standard InChI is InChI=1S/C17H29NO3/c1-3-4-11-20-12-7-10-18-13-16(19)14-21-17-9-6-5-8-15(17)2/h5-6,8-9,16,18-19H,3-4,7,10-14H2,1-2H3. The Hall–Kier alpha value is -1.10. The fraction of sp³-hybridized carbons (Fsp3) is 0.647. The van der Waals surface area contributed by atoms with E-state index in [0.29, 0.717) is 13.2 Å². The molecule has 0 bridgehead atoms. The lowest BCUT2D eigenvalue weighted by atomic mass is 10.2. The predicted molar refractivity (Wildman–Crippen MR) is 85.9 cm³/mol. The van der Waals surface area contributed by atoms with Crippen LogP contribution in [0.2, 0.25) is 0 Å². The summed E-state index contributed by atoms with van der Waals surface area (Å²) in [7, 11) is 0. The Kier molecular flexibility index (Phi) is 9.87. The number of aliphatic hydroxyl groups excluding tert-OH is 1. The first-order valence-electron chi connectivity index (χ1n) is 7.89. The van der Waals surface area contributed by atoms with Gasteiger partial charge < -0.3 is 19.9 Å². The van der Waals surface area contributed by atoms with Crippen molar-refractivity contribution >= 4 is 0 Å². The fourth-order valence-corrected chi connectivity index (χ4v) is 1.88. The summed E-state index contributed by atoms with van der Waals surface area (Å²) in [6, 6.07) is 7.83. The lowest BCUT2D eigenvalue weighted by Crippen LogP contribution is -2.32. The molecular formula is C17H29NO3. The van der Waals surface area contributed by atoms with E-state index in [0.717, 1.165) is 43.9 Å². The lowest BCUT2D eigenvalue weighted by molar-refractivity contribution is 0.103. The van der Waals surface area contributed by atoms with Crippen LogP contribution in [0.15, 0.2) is 24.3 Å². The number of benzene rings is 1. The number of hydrogen-bond donors (Lipinski definition) is 2. The first-order valence-corrected chi connectivity index (χ1v) is 7.89. The van der Waals surface area contributed by atoms with E-state index in [1.165, 1.54) is 6.42 Å². The van der Waals surface area contributed by atoms with Crippen LogP contribution in [0.3, 0.4) is 0 Å². The molecule has 0 saturated heterocycles. The zero-order valence-electron chi connectivity index (χ0n) is 13.3. The number of ether oxygens (including phenoxy) is 2. The highest BCUT2D eigenvalue weighted by atomic mass is 16.5. The molecule has 0 aliphatic carbocycles. The van der Waals surface area contributed by atoms with Crippen molar-refractivity contribution in [3.8, 4) is 5.75 Å². The largest absolute Gasteiger partial charge is 0.491 e. The maximum Gasteiger partial charge on any atom is 0.122 e. The minimum Gasteiger partial charge on any atom is -0.491 e. The van der Waals surface area contributed by atoms with E-state index in [4.69, 9.17) is 9.47 Å². The van der Waals surface area contributed by atoms with Crippen molar-refractivity contribution in [2.24, 2.45) is 0 Å². The van der Waals surface area contributed by atoms with Gasteiger partial charge in [0.05, 0.1) is 0 Å². The third-order valence-corrected chi connectivity index (χ3v) is 3.19. The summed E-state index contributed by atoms with van der Waals surface area (Å²) >= 11 is 0. The lowest BCUT2D eigenvalue weighted by Gasteiger charge is -2.14. The van der Waals surface area contributed by atoms with E-state index in [-0.39, 0.29) is 0 Å². The molecule has 0 radical (unpaired) electrons. The van der Waals surface area contributed by atoms with Gasteiger partial charge >= 0.3 is 0 Å². The van der Waals surface area contributed by atoms with Crippen molar-refractivity contribution in [1.82, 2.24) is 5.32 Å². The van der Waals surface area contributed by atoms with Crippen LogP contribution in [-0.2, 0) is 4.74 Å². The first-order chi connectivity index (χ1) is 10.2. The van der Waals surface area contributed by atoms with Crippen LogP contribution in [0, 0.1) is 6.92 Å². The maximum atomic E-state index is 9.86. The summed E-state index contributed by atoms with van der Waals surface area (Å²) in [6.45, 7) is 7.50. The zero-order chi connectivity index (χ0) is 15.3. The number of unbranched alkanes of at least 4 members (excludes halogenated alkanes) is 1. The van der Waals surface area contributed by atoms with Crippen LogP contribution < -0.4 is 10.1 Å². The van der Waals surface area contributed by atoms with Crippen LogP contribution in [0.4, 0.5) is 0 Å². The molecule has 0 saturated carbocycles. The van der Waals surface area contributed by atoms with Crippen LogP contribution in [0.1, 0.15) is 31.7 Å². The van der Waals surface area contributed by atoms with Crippen molar-refractivity contribution < 1.29 is 14.6 Å². The molecular weight excluding hydrogens is 266 g/mol. The number of nitrogens with one attached hydrogen (secondary N) is 1. The monoisotopic (exact) mass is 295 g/mol. The van der Waals surface area contributed by atoms with Crippen LogP contribution in [-0.4, -0.2) is 44.1 Å². The molecule has 1 aromatic rings. The Morgan fingerprint density at radius 1 is 1.19 bits per heavy atom. The number of aryl methyl sites for hydroxylation is 1. The average Bonchev–Trinajstić information content (AvgIpc) is 2.49. The Bertz CT molecular complexity index is 371. The van der Waals surface area contributed by atoms with E-state index in [1.54, 1.807) is 0 Å². The molecule has 0 heterocycles. The second kappa shape index (κ2) is 11.5. The van der Waals surface area contributed by atoms with Crippen molar-refractivity contribution in [2.45, 2.75) is 39.2 Å². The topological polar surface area (TPSA) is 50.7 Å². The van der Waals surface area contributed by atoms with Gasteiger partial charge in [0.15, 0.2) is 0 Å². The summed E-state index contributed by atoms with van der Waals surface area (Å²) in [4.78, 5) is 0. The number of rotatable bonds is 12. The van der Waals surface area contributed by atoms with Crippen LogP contribution >= 0.6 is 0 Å². The third-order valence-electron chi connectivity index (χ3n) is 3.19. The number of aliphatic hydroxyl groups is 1. The summed E-state index contributed by atoms with van der Waals surface area (Å²) in [5, 5.41) is 13.1. The quantitative estimate of drug-likeness (QED) is 0.582. The van der Waals surface area contributed by atoms with Crippen molar-refractivity contribution in [1.29, 1.82) is 0 Å². The fourth-order valence-electron chi connectivity index (χ4n) is 1.88. The van der Waals surface area contributed by atoms with E-state index < -0.39 is 6.10 Å². The van der Waals surface area contributed by atoms with Gasteiger partial charge in [0, 0.05) is 19.8 Å². The second-order valence-electron chi connectivity index (χ2n) is 5.25. The van der Waals surface area contributed by atoms with Crippen molar-refractivity contribution in [3.05, 3.63) is 29.8 Å². The summed E-state index contributed by atoms with van der Waals surface area (Å²) in [5.74, 6) is 0.834. The van der Waals surface area contributed by atoms with Gasteiger partial charge in [0.25, 0.3) is 0 Å². The molecule has 1 rings (SSSR count). The number of hydrogen-bond acceptors (Lipinski definition) is 4. The van der Waals surface area contributed by atoms with Crippen molar-refractivity contribution in [3.63, 3.8) is 0 Å². The van der Waals surface area contributed by atoms with Crippen LogP contribution in [0.25, 0.3) is 0 Å². The molecule has 1 unspecified atom stereocenters. The van der Waals surface area contributed by atoms with Gasteiger partial charge in [-0.2, -0.15) is 0 Å². The third kappa shape index (κ3) is 8.71. The number of para-hydroxylation sites is 1.